The van der Waals surface area contributed by atoms with Crippen LogP contribution in [0.15, 0.2) is 24.3 Å². The second-order valence-corrected chi connectivity index (χ2v) is 4.41. The Bertz CT molecular complexity index is 597. The van der Waals surface area contributed by atoms with Gasteiger partial charge in [0.1, 0.15) is 12.1 Å². The van der Waals surface area contributed by atoms with Crippen molar-refractivity contribution in [3.8, 4) is 6.07 Å². The fourth-order valence-corrected chi connectivity index (χ4v) is 1.96. The molecule has 0 saturated heterocycles. The third-order valence-corrected chi connectivity index (χ3v) is 3.03. The topological polar surface area (TPSA) is 87.5 Å². The minimum absolute atomic E-state index is 0.269. The van der Waals surface area contributed by atoms with Crippen molar-refractivity contribution in [2.75, 3.05) is 0 Å². The highest BCUT2D eigenvalue weighted by Crippen LogP contribution is 2.24. The van der Waals surface area contributed by atoms with E-state index in [9.17, 15) is 14.4 Å². The van der Waals surface area contributed by atoms with Crippen LogP contribution in [-0.2, 0) is 9.53 Å². The number of carbonyl (C=O) groups excluding carboxylic acids is 3. The Morgan fingerprint density at radius 3 is 2.15 bits per heavy atom. The molecule has 2 rings (SSSR count). The molecule has 1 aromatic carbocycles. The average molecular weight is 272 g/mol. The molecule has 0 spiro atoms. The zero-order valence-corrected chi connectivity index (χ0v) is 11.0. The highest BCUT2D eigenvalue weighted by atomic mass is 16.5. The van der Waals surface area contributed by atoms with Gasteiger partial charge in [-0.3, -0.25) is 14.5 Å². The summed E-state index contributed by atoms with van der Waals surface area (Å²) in [4.78, 5) is 37.0. The number of benzene rings is 1. The monoisotopic (exact) mass is 272 g/mol. The Morgan fingerprint density at radius 1 is 1.20 bits per heavy atom. The molecular formula is C14H12N2O4. The molecule has 0 fully saturated rings. The van der Waals surface area contributed by atoms with Crippen LogP contribution in [-0.4, -0.2) is 34.8 Å². The number of amides is 2. The number of carbonyl (C=O) groups is 3. The lowest BCUT2D eigenvalue weighted by Crippen LogP contribution is -2.44. The maximum absolute atomic E-state index is 12.1. The van der Waals surface area contributed by atoms with E-state index in [1.165, 1.54) is 26.0 Å². The number of esters is 1. The molecule has 20 heavy (non-hydrogen) atoms. The summed E-state index contributed by atoms with van der Waals surface area (Å²) in [6, 6.07) is 7.04. The molecule has 1 aromatic rings. The average Bonchev–Trinajstić information content (AvgIpc) is 2.70. The molecule has 0 aliphatic carbocycles. The van der Waals surface area contributed by atoms with Gasteiger partial charge in [-0.05, 0) is 26.0 Å². The fourth-order valence-electron chi connectivity index (χ4n) is 1.96. The molecule has 1 aliphatic heterocycles. The molecule has 102 valence electrons. The van der Waals surface area contributed by atoms with Gasteiger partial charge in [0.25, 0.3) is 11.8 Å². The number of rotatable bonds is 3. The summed E-state index contributed by atoms with van der Waals surface area (Å²) in [5, 5.41) is 8.60. The summed E-state index contributed by atoms with van der Waals surface area (Å²) in [7, 11) is 0. The molecule has 2 unspecified atom stereocenters. The van der Waals surface area contributed by atoms with Gasteiger partial charge in [0.2, 0.25) is 0 Å². The summed E-state index contributed by atoms with van der Waals surface area (Å²) in [6.45, 7) is 2.81. The van der Waals surface area contributed by atoms with Crippen molar-refractivity contribution in [3.05, 3.63) is 35.4 Å². The lowest BCUT2D eigenvalue weighted by molar-refractivity contribution is -0.150. The quantitative estimate of drug-likeness (QED) is 0.608. The van der Waals surface area contributed by atoms with E-state index in [-0.39, 0.29) is 11.1 Å². The number of nitriles is 1. The maximum Gasteiger partial charge on any atom is 0.330 e. The van der Waals surface area contributed by atoms with Gasteiger partial charge in [0.05, 0.1) is 11.1 Å². The van der Waals surface area contributed by atoms with Crippen molar-refractivity contribution in [1.82, 2.24) is 4.90 Å². The standard InChI is InChI=1S/C14H12N2O4/c1-8(7-15)20-14(19)9(2)16-12(17)10-5-3-4-6-11(10)13(16)18/h3-6,8-9H,1-2H3. The zero-order valence-electron chi connectivity index (χ0n) is 11.0. The van der Waals surface area contributed by atoms with Gasteiger partial charge in [-0.2, -0.15) is 5.26 Å². The molecule has 0 saturated carbocycles. The van der Waals surface area contributed by atoms with Gasteiger partial charge in [0.15, 0.2) is 6.10 Å². The van der Waals surface area contributed by atoms with E-state index in [0.717, 1.165) is 4.90 Å². The minimum Gasteiger partial charge on any atom is -0.446 e. The van der Waals surface area contributed by atoms with Crippen molar-refractivity contribution in [2.24, 2.45) is 0 Å². The van der Waals surface area contributed by atoms with Gasteiger partial charge in [-0.15, -0.1) is 0 Å². The summed E-state index contributed by atoms with van der Waals surface area (Å²) >= 11 is 0. The van der Waals surface area contributed by atoms with Crippen molar-refractivity contribution in [2.45, 2.75) is 26.0 Å². The smallest absolute Gasteiger partial charge is 0.330 e. The molecule has 0 radical (unpaired) electrons. The van der Waals surface area contributed by atoms with Crippen molar-refractivity contribution >= 4 is 17.8 Å². The van der Waals surface area contributed by atoms with Crippen LogP contribution >= 0.6 is 0 Å². The van der Waals surface area contributed by atoms with Crippen LogP contribution in [0.2, 0.25) is 0 Å². The van der Waals surface area contributed by atoms with E-state index in [2.05, 4.69) is 0 Å². The Kier molecular flexibility index (Phi) is 3.53. The molecule has 0 N–H and O–H groups in total. The third-order valence-electron chi connectivity index (χ3n) is 3.03. The van der Waals surface area contributed by atoms with E-state index in [4.69, 9.17) is 10.00 Å². The fraction of sp³-hybridized carbons (Fsp3) is 0.286. The van der Waals surface area contributed by atoms with Gasteiger partial charge in [-0.25, -0.2) is 4.79 Å². The molecular weight excluding hydrogens is 260 g/mol. The first-order valence-electron chi connectivity index (χ1n) is 6.04. The molecule has 6 nitrogen and oxygen atoms in total. The van der Waals surface area contributed by atoms with E-state index >= 15 is 0 Å². The number of fused-ring (bicyclic) bond motifs is 1. The lowest BCUT2D eigenvalue weighted by Gasteiger charge is -2.21. The number of nitrogens with zero attached hydrogens (tertiary/aromatic N) is 2. The van der Waals surface area contributed by atoms with Crippen molar-refractivity contribution in [3.63, 3.8) is 0 Å². The molecule has 0 bridgehead atoms. The molecule has 1 aliphatic rings. The molecule has 2 atom stereocenters. The van der Waals surface area contributed by atoms with E-state index in [1.807, 2.05) is 0 Å². The van der Waals surface area contributed by atoms with Crippen molar-refractivity contribution in [1.29, 1.82) is 5.26 Å². The molecule has 2 amide bonds. The van der Waals surface area contributed by atoms with Crippen LogP contribution in [0, 0.1) is 11.3 Å². The van der Waals surface area contributed by atoms with Gasteiger partial charge in [-0.1, -0.05) is 12.1 Å². The van der Waals surface area contributed by atoms with Crippen molar-refractivity contribution < 1.29 is 19.1 Å². The second-order valence-electron chi connectivity index (χ2n) is 4.41. The van der Waals surface area contributed by atoms with E-state index in [1.54, 1.807) is 18.2 Å². The number of hydrogen-bond acceptors (Lipinski definition) is 5. The van der Waals surface area contributed by atoms with Gasteiger partial charge < -0.3 is 4.74 Å². The third kappa shape index (κ3) is 2.14. The van der Waals surface area contributed by atoms with Gasteiger partial charge >= 0.3 is 5.97 Å². The highest BCUT2D eigenvalue weighted by molar-refractivity contribution is 6.22. The Hall–Kier alpha value is -2.68. The first-order valence-corrected chi connectivity index (χ1v) is 6.04. The normalized spacial score (nSPS) is 16.4. The molecule has 6 heteroatoms. The Morgan fingerprint density at radius 2 is 1.70 bits per heavy atom. The first-order chi connectivity index (χ1) is 9.47. The van der Waals surface area contributed by atoms with Crippen LogP contribution in [0.3, 0.4) is 0 Å². The molecule has 1 heterocycles. The Balaban J connectivity index is 2.24. The first kappa shape index (κ1) is 13.7. The van der Waals surface area contributed by atoms with E-state index < -0.39 is 29.9 Å². The van der Waals surface area contributed by atoms with Crippen LogP contribution in [0.4, 0.5) is 0 Å². The van der Waals surface area contributed by atoms with Crippen LogP contribution in [0.25, 0.3) is 0 Å². The minimum atomic E-state index is -1.07. The predicted molar refractivity (Wildman–Crippen MR) is 67.6 cm³/mol. The molecule has 0 aromatic heterocycles. The summed E-state index contributed by atoms with van der Waals surface area (Å²) < 4.78 is 4.82. The number of imide groups is 1. The maximum atomic E-state index is 12.1. The number of ether oxygens (including phenoxy) is 1. The zero-order chi connectivity index (χ0) is 14.9. The summed E-state index contributed by atoms with van der Waals surface area (Å²) in [5.41, 5.74) is 0.538. The SMILES string of the molecule is CC(C#N)OC(=O)C(C)N1C(=O)c2ccccc2C1=O. The van der Waals surface area contributed by atoms with Gasteiger partial charge in [0, 0.05) is 0 Å². The van der Waals surface area contributed by atoms with Crippen LogP contribution in [0.5, 0.6) is 0 Å². The second kappa shape index (κ2) is 5.13. The van der Waals surface area contributed by atoms with E-state index in [0.29, 0.717) is 0 Å². The van der Waals surface area contributed by atoms with Crippen LogP contribution < -0.4 is 0 Å². The largest absolute Gasteiger partial charge is 0.446 e. The Labute approximate surface area is 115 Å². The highest BCUT2D eigenvalue weighted by Gasteiger charge is 2.41. The lowest BCUT2D eigenvalue weighted by atomic mass is 10.1. The summed E-state index contributed by atoms with van der Waals surface area (Å²) in [6.07, 6.45) is -0.930. The predicted octanol–water partition coefficient (Wildman–Crippen LogP) is 1.13. The number of hydrogen-bond donors (Lipinski definition) is 0. The van der Waals surface area contributed by atoms with Crippen LogP contribution in [0.1, 0.15) is 34.6 Å². The summed E-state index contributed by atoms with van der Waals surface area (Å²) in [5.74, 6) is -1.84.